The van der Waals surface area contributed by atoms with Crippen LogP contribution in [-0.2, 0) is 11.2 Å². The Hall–Kier alpha value is -3.09. The van der Waals surface area contributed by atoms with Gasteiger partial charge in [0.25, 0.3) is 5.91 Å². The number of fused-ring (bicyclic) bond motifs is 1. The van der Waals surface area contributed by atoms with Crippen molar-refractivity contribution in [1.82, 2.24) is 15.2 Å². The summed E-state index contributed by atoms with van der Waals surface area (Å²) < 4.78 is 11.0. The molecule has 2 aromatic rings. The molecule has 1 saturated heterocycles. The van der Waals surface area contributed by atoms with Crippen LogP contribution in [0.2, 0.25) is 0 Å². The zero-order valence-corrected chi connectivity index (χ0v) is 19.3. The molecule has 7 nitrogen and oxygen atoms in total. The molecule has 1 aromatic carbocycles. The van der Waals surface area contributed by atoms with Crippen molar-refractivity contribution in [2.75, 3.05) is 33.4 Å². The highest BCUT2D eigenvalue weighted by atomic mass is 16.5. The number of aryl methyl sites for hydroxylation is 1. The maximum atomic E-state index is 13.3. The molecule has 0 unspecified atom stereocenters. The summed E-state index contributed by atoms with van der Waals surface area (Å²) in [6.45, 7) is 2.07. The van der Waals surface area contributed by atoms with E-state index in [1.807, 2.05) is 23.1 Å². The van der Waals surface area contributed by atoms with E-state index in [-0.39, 0.29) is 11.8 Å². The molecule has 0 atom stereocenters. The zero-order chi connectivity index (χ0) is 23.1. The summed E-state index contributed by atoms with van der Waals surface area (Å²) in [5.74, 6) is 1.45. The summed E-state index contributed by atoms with van der Waals surface area (Å²) in [4.78, 5) is 32.2. The number of nitrogens with zero attached hydrogens (tertiary/aromatic N) is 2. The molecular weight excluding hydrogens is 418 g/mol. The molecule has 1 aromatic heterocycles. The van der Waals surface area contributed by atoms with Crippen LogP contribution in [0.15, 0.2) is 42.6 Å². The van der Waals surface area contributed by atoms with Crippen LogP contribution in [0.4, 0.5) is 0 Å². The number of amides is 2. The van der Waals surface area contributed by atoms with Crippen molar-refractivity contribution in [2.45, 2.75) is 44.9 Å². The number of rotatable bonds is 2. The number of likely N-dealkylation sites (tertiary alicyclic amines) is 1. The number of hydrogen-bond acceptors (Lipinski definition) is 5. The van der Waals surface area contributed by atoms with E-state index in [1.165, 1.54) is 5.56 Å². The van der Waals surface area contributed by atoms with Gasteiger partial charge in [-0.2, -0.15) is 0 Å². The third kappa shape index (κ3) is 5.46. The van der Waals surface area contributed by atoms with Gasteiger partial charge in [0.2, 0.25) is 11.8 Å². The quantitative estimate of drug-likeness (QED) is 0.754. The van der Waals surface area contributed by atoms with Gasteiger partial charge in [-0.15, -0.1) is 0 Å². The van der Waals surface area contributed by atoms with Crippen molar-refractivity contribution in [3.05, 3.63) is 53.7 Å². The number of para-hydroxylation sites is 1. The monoisotopic (exact) mass is 451 g/mol. The number of ether oxygens (including phenoxy) is 2. The van der Waals surface area contributed by atoms with Gasteiger partial charge in [0.1, 0.15) is 12.4 Å². The fourth-order valence-corrected chi connectivity index (χ4v) is 4.86. The van der Waals surface area contributed by atoms with E-state index in [4.69, 9.17) is 9.47 Å². The molecule has 1 fully saturated rings. The first kappa shape index (κ1) is 23.1. The molecule has 7 heteroatoms. The van der Waals surface area contributed by atoms with E-state index < -0.39 is 5.41 Å². The van der Waals surface area contributed by atoms with Crippen LogP contribution >= 0.6 is 0 Å². The van der Waals surface area contributed by atoms with Gasteiger partial charge in [-0.25, -0.2) is 4.98 Å². The van der Waals surface area contributed by atoms with Crippen LogP contribution in [0.1, 0.15) is 54.4 Å². The fraction of sp³-hybridized carbons (Fsp3) is 0.500. The average molecular weight is 452 g/mol. The summed E-state index contributed by atoms with van der Waals surface area (Å²) in [5.41, 5.74) is 1.36. The molecule has 1 spiro atoms. The first-order chi connectivity index (χ1) is 16.1. The first-order valence-corrected chi connectivity index (χ1v) is 11.9. The highest BCUT2D eigenvalue weighted by molar-refractivity contribution is 5.94. The van der Waals surface area contributed by atoms with Gasteiger partial charge in [0.15, 0.2) is 0 Å². The Bertz CT molecular complexity index is 952. The lowest BCUT2D eigenvalue weighted by atomic mass is 9.73. The van der Waals surface area contributed by atoms with E-state index in [1.54, 1.807) is 25.4 Å². The molecule has 3 heterocycles. The minimum atomic E-state index is -0.421. The molecule has 0 saturated carbocycles. The lowest BCUT2D eigenvalue weighted by molar-refractivity contribution is -0.134. The fourth-order valence-electron chi connectivity index (χ4n) is 4.86. The molecule has 176 valence electrons. The predicted molar refractivity (Wildman–Crippen MR) is 125 cm³/mol. The molecule has 4 rings (SSSR count). The van der Waals surface area contributed by atoms with Gasteiger partial charge in [0.05, 0.1) is 24.6 Å². The van der Waals surface area contributed by atoms with Gasteiger partial charge in [-0.1, -0.05) is 31.0 Å². The van der Waals surface area contributed by atoms with Crippen molar-refractivity contribution in [1.29, 1.82) is 0 Å². The summed E-state index contributed by atoms with van der Waals surface area (Å²) in [7, 11) is 1.55. The standard InChI is InChI=1S/C26H33N3O4/c1-32-23-11-10-21(19-28-23)24(30)29-16-13-26(14-17-29)12-6-2-3-7-20-8-4-5-9-22(20)33-18-15-27-25(26)31/h4-5,8-11,19H,2-3,6-7,12-18H2,1H3,(H,27,31). The van der Waals surface area contributed by atoms with E-state index in [2.05, 4.69) is 16.4 Å². The number of hydrogen-bond donors (Lipinski definition) is 1. The minimum Gasteiger partial charge on any atom is -0.491 e. The van der Waals surface area contributed by atoms with Crippen LogP contribution in [-0.4, -0.2) is 55.0 Å². The molecule has 2 aliphatic rings. The second-order valence-electron chi connectivity index (χ2n) is 8.93. The van der Waals surface area contributed by atoms with E-state index in [0.717, 1.165) is 37.9 Å². The molecule has 2 amide bonds. The topological polar surface area (TPSA) is 80.8 Å². The van der Waals surface area contributed by atoms with Crippen LogP contribution < -0.4 is 14.8 Å². The van der Waals surface area contributed by atoms with E-state index in [9.17, 15) is 9.59 Å². The summed E-state index contributed by atoms with van der Waals surface area (Å²) >= 11 is 0. The van der Waals surface area contributed by atoms with Crippen molar-refractivity contribution in [3.63, 3.8) is 0 Å². The smallest absolute Gasteiger partial charge is 0.255 e. The highest BCUT2D eigenvalue weighted by Crippen LogP contribution is 2.38. The van der Waals surface area contributed by atoms with Crippen molar-refractivity contribution in [2.24, 2.45) is 5.41 Å². The number of piperidine rings is 1. The molecule has 33 heavy (non-hydrogen) atoms. The number of pyridine rings is 1. The van der Waals surface area contributed by atoms with Gasteiger partial charge < -0.3 is 19.7 Å². The SMILES string of the molecule is COc1ccc(C(=O)N2CCC3(CCCCCc4ccccc4OCCNC3=O)CC2)cn1. The van der Waals surface area contributed by atoms with Crippen molar-refractivity contribution in [3.8, 4) is 11.6 Å². The minimum absolute atomic E-state index is 0.0452. The van der Waals surface area contributed by atoms with Crippen LogP contribution in [0.5, 0.6) is 11.6 Å². The molecular formula is C26H33N3O4. The first-order valence-electron chi connectivity index (χ1n) is 11.9. The molecule has 0 bridgehead atoms. The highest BCUT2D eigenvalue weighted by Gasteiger charge is 2.41. The molecule has 0 radical (unpaired) electrons. The third-order valence-corrected chi connectivity index (χ3v) is 6.90. The van der Waals surface area contributed by atoms with Gasteiger partial charge in [0, 0.05) is 25.4 Å². The average Bonchev–Trinajstić information content (AvgIpc) is 2.87. The molecule has 0 aliphatic carbocycles. The zero-order valence-electron chi connectivity index (χ0n) is 19.3. The number of methoxy groups -OCH3 is 1. The summed E-state index contributed by atoms with van der Waals surface area (Å²) in [5, 5.41) is 3.11. The number of benzene rings is 1. The largest absolute Gasteiger partial charge is 0.491 e. The Kier molecular flexibility index (Phi) is 7.47. The lowest BCUT2D eigenvalue weighted by Crippen LogP contribution is -2.50. The second-order valence-corrected chi connectivity index (χ2v) is 8.93. The summed E-state index contributed by atoms with van der Waals surface area (Å²) in [6.07, 6.45) is 7.90. The number of nitrogens with one attached hydrogen (secondary N) is 1. The number of aromatic nitrogens is 1. The normalized spacial score (nSPS) is 19.2. The van der Waals surface area contributed by atoms with Gasteiger partial charge >= 0.3 is 0 Å². The maximum Gasteiger partial charge on any atom is 0.255 e. The van der Waals surface area contributed by atoms with Crippen LogP contribution in [0.3, 0.4) is 0 Å². The number of carbonyl (C=O) groups excluding carboxylic acids is 2. The summed E-state index contributed by atoms with van der Waals surface area (Å²) in [6, 6.07) is 11.6. The van der Waals surface area contributed by atoms with E-state index in [0.29, 0.717) is 50.5 Å². The number of carbonyl (C=O) groups is 2. The second kappa shape index (κ2) is 10.7. The van der Waals surface area contributed by atoms with Crippen LogP contribution in [0.25, 0.3) is 0 Å². The van der Waals surface area contributed by atoms with Crippen molar-refractivity contribution >= 4 is 11.8 Å². The van der Waals surface area contributed by atoms with Crippen molar-refractivity contribution < 1.29 is 19.1 Å². The maximum absolute atomic E-state index is 13.3. The Balaban J connectivity index is 1.39. The van der Waals surface area contributed by atoms with Crippen LogP contribution in [0, 0.1) is 5.41 Å². The molecule has 1 N–H and O–H groups in total. The Morgan fingerprint density at radius 2 is 1.91 bits per heavy atom. The molecule has 2 aliphatic heterocycles. The van der Waals surface area contributed by atoms with E-state index >= 15 is 0 Å². The lowest BCUT2D eigenvalue weighted by Gasteiger charge is -2.41. The van der Waals surface area contributed by atoms with Gasteiger partial charge in [-0.05, 0) is 49.8 Å². The van der Waals surface area contributed by atoms with Gasteiger partial charge in [-0.3, -0.25) is 9.59 Å². The Morgan fingerprint density at radius 1 is 1.09 bits per heavy atom. The Labute approximate surface area is 195 Å². The third-order valence-electron chi connectivity index (χ3n) is 6.90. The predicted octanol–water partition coefficient (Wildman–Crippen LogP) is 3.62. The Morgan fingerprint density at radius 3 is 2.67 bits per heavy atom.